The van der Waals surface area contributed by atoms with Crippen LogP contribution in [-0.2, 0) is 20.9 Å². The number of hydrogen-bond acceptors (Lipinski definition) is 6. The van der Waals surface area contributed by atoms with Crippen molar-refractivity contribution in [2.24, 2.45) is 0 Å². The van der Waals surface area contributed by atoms with Crippen LogP contribution in [0.2, 0.25) is 0 Å². The van der Waals surface area contributed by atoms with E-state index >= 15 is 0 Å². The minimum absolute atomic E-state index is 0.0307. The Bertz CT molecular complexity index is 572. The highest BCUT2D eigenvalue weighted by molar-refractivity contribution is 5.77. The first-order valence-electron chi connectivity index (χ1n) is 6.75. The van der Waals surface area contributed by atoms with Crippen LogP contribution in [0.1, 0.15) is 5.69 Å². The molecular weight excluding hydrogens is 276 g/mol. The standard InChI is InChI=1S/C14H16N2O5/c17-14(16-3-6-18-7-4-16)10-19-9-11-8-13(21-15-11)12-2-1-5-20-12/h1-2,5,8H,3-4,6-7,9-10H2. The molecule has 0 unspecified atom stereocenters. The Morgan fingerprint density at radius 2 is 2.19 bits per heavy atom. The first kappa shape index (κ1) is 13.8. The normalized spacial score (nSPS) is 15.3. The number of aromatic nitrogens is 1. The number of carbonyl (C=O) groups is 1. The van der Waals surface area contributed by atoms with E-state index in [4.69, 9.17) is 18.4 Å². The maximum atomic E-state index is 11.9. The summed E-state index contributed by atoms with van der Waals surface area (Å²) in [5.41, 5.74) is 0.621. The van der Waals surface area contributed by atoms with Gasteiger partial charge in [-0.15, -0.1) is 0 Å². The van der Waals surface area contributed by atoms with E-state index in [0.29, 0.717) is 43.5 Å². The van der Waals surface area contributed by atoms with Gasteiger partial charge in [-0.2, -0.15) is 0 Å². The van der Waals surface area contributed by atoms with E-state index in [2.05, 4.69) is 5.16 Å². The highest BCUT2D eigenvalue weighted by Gasteiger charge is 2.17. The lowest BCUT2D eigenvalue weighted by Gasteiger charge is -2.26. The molecule has 7 heteroatoms. The van der Waals surface area contributed by atoms with Crippen molar-refractivity contribution in [1.29, 1.82) is 0 Å². The Morgan fingerprint density at radius 3 is 2.95 bits per heavy atom. The van der Waals surface area contributed by atoms with Gasteiger partial charge in [0.2, 0.25) is 11.7 Å². The van der Waals surface area contributed by atoms with Crippen LogP contribution in [0.3, 0.4) is 0 Å². The van der Waals surface area contributed by atoms with Crippen LogP contribution >= 0.6 is 0 Å². The summed E-state index contributed by atoms with van der Waals surface area (Å²) < 4.78 is 20.9. The van der Waals surface area contributed by atoms with Crippen LogP contribution in [0.25, 0.3) is 11.5 Å². The third-order valence-corrected chi connectivity index (χ3v) is 3.16. The second-order valence-corrected chi connectivity index (χ2v) is 4.65. The molecule has 0 bridgehead atoms. The summed E-state index contributed by atoms with van der Waals surface area (Å²) in [5, 5.41) is 3.88. The number of morpholine rings is 1. The zero-order valence-electron chi connectivity index (χ0n) is 11.5. The first-order chi connectivity index (χ1) is 10.3. The molecule has 0 spiro atoms. The van der Waals surface area contributed by atoms with E-state index < -0.39 is 0 Å². The largest absolute Gasteiger partial charge is 0.461 e. The molecular formula is C14H16N2O5. The maximum Gasteiger partial charge on any atom is 0.248 e. The number of rotatable bonds is 5. The van der Waals surface area contributed by atoms with Gasteiger partial charge in [-0.05, 0) is 12.1 Å². The minimum Gasteiger partial charge on any atom is -0.461 e. The zero-order valence-corrected chi connectivity index (χ0v) is 11.5. The molecule has 0 N–H and O–H groups in total. The summed E-state index contributed by atoms with van der Waals surface area (Å²) in [6.45, 7) is 2.66. The Balaban J connectivity index is 1.46. The number of furan rings is 1. The van der Waals surface area contributed by atoms with Crippen molar-refractivity contribution in [2.75, 3.05) is 32.9 Å². The van der Waals surface area contributed by atoms with E-state index in [-0.39, 0.29) is 19.1 Å². The Hall–Kier alpha value is -2.12. The van der Waals surface area contributed by atoms with Gasteiger partial charge in [0.05, 0.1) is 26.1 Å². The fourth-order valence-electron chi connectivity index (χ4n) is 2.06. The van der Waals surface area contributed by atoms with Crippen molar-refractivity contribution in [3.05, 3.63) is 30.2 Å². The molecule has 0 aromatic carbocycles. The van der Waals surface area contributed by atoms with Crippen molar-refractivity contribution in [3.63, 3.8) is 0 Å². The second kappa shape index (κ2) is 6.55. The molecule has 1 amide bonds. The highest BCUT2D eigenvalue weighted by atomic mass is 16.5. The predicted octanol–water partition coefficient (Wildman–Crippen LogP) is 1.31. The van der Waals surface area contributed by atoms with Crippen molar-refractivity contribution in [3.8, 4) is 11.5 Å². The average Bonchev–Trinajstić information content (AvgIpc) is 3.19. The smallest absolute Gasteiger partial charge is 0.248 e. The van der Waals surface area contributed by atoms with Crippen LogP contribution in [-0.4, -0.2) is 48.9 Å². The van der Waals surface area contributed by atoms with Crippen molar-refractivity contribution >= 4 is 5.91 Å². The van der Waals surface area contributed by atoms with Crippen LogP contribution in [0, 0.1) is 0 Å². The third-order valence-electron chi connectivity index (χ3n) is 3.16. The first-order valence-corrected chi connectivity index (χ1v) is 6.75. The van der Waals surface area contributed by atoms with Gasteiger partial charge < -0.3 is 23.3 Å². The highest BCUT2D eigenvalue weighted by Crippen LogP contribution is 2.20. The Kier molecular flexibility index (Phi) is 4.32. The van der Waals surface area contributed by atoms with Crippen molar-refractivity contribution in [1.82, 2.24) is 10.1 Å². The van der Waals surface area contributed by atoms with E-state index in [0.717, 1.165) is 0 Å². The van der Waals surface area contributed by atoms with Gasteiger partial charge in [0, 0.05) is 19.2 Å². The Labute approximate surface area is 121 Å². The summed E-state index contributed by atoms with van der Waals surface area (Å²) in [4.78, 5) is 13.6. The number of hydrogen-bond donors (Lipinski definition) is 0. The monoisotopic (exact) mass is 292 g/mol. The summed E-state index contributed by atoms with van der Waals surface area (Å²) >= 11 is 0. The van der Waals surface area contributed by atoms with Gasteiger partial charge in [-0.25, -0.2) is 0 Å². The average molecular weight is 292 g/mol. The SMILES string of the molecule is O=C(COCc1cc(-c2ccco2)on1)N1CCOCC1. The summed E-state index contributed by atoms with van der Waals surface area (Å²) in [5.74, 6) is 1.12. The molecule has 3 heterocycles. The molecule has 0 radical (unpaired) electrons. The number of nitrogens with zero attached hydrogens (tertiary/aromatic N) is 2. The lowest BCUT2D eigenvalue weighted by molar-refractivity contribution is -0.140. The summed E-state index contributed by atoms with van der Waals surface area (Å²) in [6, 6.07) is 5.29. The Morgan fingerprint density at radius 1 is 1.33 bits per heavy atom. The van der Waals surface area contributed by atoms with E-state index in [9.17, 15) is 4.79 Å². The van der Waals surface area contributed by atoms with E-state index in [1.807, 2.05) is 0 Å². The van der Waals surface area contributed by atoms with E-state index in [1.54, 1.807) is 29.4 Å². The molecule has 0 atom stereocenters. The molecule has 0 saturated carbocycles. The van der Waals surface area contributed by atoms with Crippen LogP contribution < -0.4 is 0 Å². The van der Waals surface area contributed by atoms with Gasteiger partial charge in [-0.3, -0.25) is 4.79 Å². The number of ether oxygens (including phenoxy) is 2. The van der Waals surface area contributed by atoms with Gasteiger partial charge in [0.25, 0.3) is 0 Å². The summed E-state index contributed by atoms with van der Waals surface area (Å²) in [6.07, 6.45) is 1.56. The molecule has 21 heavy (non-hydrogen) atoms. The van der Waals surface area contributed by atoms with Crippen LogP contribution in [0.4, 0.5) is 0 Å². The molecule has 2 aromatic rings. The molecule has 0 aliphatic carbocycles. The molecule has 2 aromatic heterocycles. The molecule has 7 nitrogen and oxygen atoms in total. The fraction of sp³-hybridized carbons (Fsp3) is 0.429. The predicted molar refractivity (Wildman–Crippen MR) is 71.3 cm³/mol. The molecule has 1 aliphatic rings. The van der Waals surface area contributed by atoms with Crippen LogP contribution in [0.15, 0.2) is 33.4 Å². The lowest BCUT2D eigenvalue weighted by Crippen LogP contribution is -2.42. The second-order valence-electron chi connectivity index (χ2n) is 4.65. The fourth-order valence-corrected chi connectivity index (χ4v) is 2.06. The number of amides is 1. The molecule has 1 aliphatic heterocycles. The van der Waals surface area contributed by atoms with Crippen molar-refractivity contribution in [2.45, 2.75) is 6.61 Å². The minimum atomic E-state index is -0.0342. The quantitative estimate of drug-likeness (QED) is 0.827. The summed E-state index contributed by atoms with van der Waals surface area (Å²) in [7, 11) is 0. The van der Waals surface area contributed by atoms with E-state index in [1.165, 1.54) is 0 Å². The molecule has 1 fully saturated rings. The van der Waals surface area contributed by atoms with Crippen LogP contribution in [0.5, 0.6) is 0 Å². The van der Waals surface area contributed by atoms with Gasteiger partial charge in [0.1, 0.15) is 12.3 Å². The molecule has 3 rings (SSSR count). The van der Waals surface area contributed by atoms with Crippen molar-refractivity contribution < 1.29 is 23.2 Å². The van der Waals surface area contributed by atoms with Gasteiger partial charge in [0.15, 0.2) is 5.76 Å². The lowest BCUT2D eigenvalue weighted by atomic mass is 10.3. The zero-order chi connectivity index (χ0) is 14.5. The molecule has 112 valence electrons. The maximum absolute atomic E-state index is 11.9. The number of carbonyl (C=O) groups excluding carboxylic acids is 1. The van der Waals surface area contributed by atoms with Gasteiger partial charge in [-0.1, -0.05) is 5.16 Å². The third kappa shape index (κ3) is 3.50. The van der Waals surface area contributed by atoms with Gasteiger partial charge >= 0.3 is 0 Å². The molecule has 1 saturated heterocycles. The topological polar surface area (TPSA) is 77.9 Å².